The molecule has 0 spiro atoms. The van der Waals surface area contributed by atoms with Gasteiger partial charge in [0.05, 0.1) is 49.1 Å². The molecular weight excluding hydrogens is 1170 g/mol. The highest BCUT2D eigenvalue weighted by molar-refractivity contribution is 8.76. The second-order valence-electron chi connectivity index (χ2n) is 20.6. The lowest BCUT2D eigenvalue weighted by atomic mass is 10.1. The van der Waals surface area contributed by atoms with E-state index < -0.39 is 12.2 Å². The van der Waals surface area contributed by atoms with Crippen molar-refractivity contribution in [3.8, 4) is 0 Å². The second-order valence-corrected chi connectivity index (χ2v) is 27.3. The number of hydrogen-bond acceptors (Lipinski definition) is 12. The van der Waals surface area contributed by atoms with Gasteiger partial charge in [-0.15, -0.1) is 23.5 Å². The number of aliphatic hydroxyl groups is 2. The molecule has 0 amide bonds. The van der Waals surface area contributed by atoms with Gasteiger partial charge in [-0.25, -0.2) is 0 Å². The first-order valence-electron chi connectivity index (χ1n) is 28.8. The number of anilines is 2. The summed E-state index contributed by atoms with van der Waals surface area (Å²) < 4.78 is 4.71. The van der Waals surface area contributed by atoms with Crippen LogP contribution in [0.15, 0.2) is 292 Å². The van der Waals surface area contributed by atoms with E-state index in [9.17, 15) is 10.2 Å². The largest absolute Gasteiger partial charge is 0.390 e. The average Bonchev–Trinajstić information content (AvgIpc) is 3.06. The van der Waals surface area contributed by atoms with E-state index >= 15 is 0 Å². The van der Waals surface area contributed by atoms with Crippen LogP contribution < -0.4 is 10.0 Å². The molecule has 2 N–H and O–H groups in total. The Balaban J connectivity index is 0.576. The van der Waals surface area contributed by atoms with Gasteiger partial charge in [-0.05, 0) is 183 Å². The lowest BCUT2D eigenvalue weighted by molar-refractivity contribution is 0.204. The van der Waals surface area contributed by atoms with Crippen molar-refractivity contribution in [2.75, 3.05) is 34.6 Å². The normalized spacial score (nSPS) is 12.6. The number of nitrogens with zero attached hydrogens (tertiary/aromatic N) is 6. The Morgan fingerprint density at radius 2 is 0.698 bits per heavy atom. The molecular formula is C72H64N6O2S6. The summed E-state index contributed by atoms with van der Waals surface area (Å²) in [4.78, 5) is 9.33. The molecule has 430 valence electrons. The number of hydrogen-bond donors (Lipinski definition) is 2. The molecule has 0 radical (unpaired) electrons. The van der Waals surface area contributed by atoms with Crippen LogP contribution in [0.4, 0.5) is 11.4 Å². The molecule has 2 aromatic heterocycles. The second kappa shape index (κ2) is 28.5. The number of aliphatic hydroxyl groups excluding tert-OH is 2. The monoisotopic (exact) mass is 1240 g/mol. The fraction of sp³-hybridized carbons (Fsp3) is 0.139. The molecule has 0 fully saturated rings. The lowest BCUT2D eigenvalue weighted by Gasteiger charge is -2.22. The van der Waals surface area contributed by atoms with Gasteiger partial charge in [0.15, 0.2) is 0 Å². The summed E-state index contributed by atoms with van der Waals surface area (Å²) in [5, 5.41) is 41.2. The molecule has 0 aliphatic rings. The summed E-state index contributed by atoms with van der Waals surface area (Å²) in [5.41, 5.74) is 8.81. The maximum atomic E-state index is 11.3. The minimum absolute atomic E-state index is 0.366. The van der Waals surface area contributed by atoms with Gasteiger partial charge < -0.3 is 19.3 Å². The zero-order valence-electron chi connectivity index (χ0n) is 47.7. The first-order chi connectivity index (χ1) is 42.3. The Morgan fingerprint density at radius 1 is 0.372 bits per heavy atom. The molecule has 12 aromatic rings. The Labute approximate surface area is 528 Å². The zero-order chi connectivity index (χ0) is 58.6. The van der Waals surface area contributed by atoms with Crippen LogP contribution in [0.25, 0.3) is 43.6 Å². The Kier molecular flexibility index (Phi) is 19.6. The van der Waals surface area contributed by atoms with Crippen LogP contribution in [-0.4, -0.2) is 68.6 Å². The van der Waals surface area contributed by atoms with Crippen molar-refractivity contribution in [3.05, 3.63) is 254 Å². The van der Waals surface area contributed by atoms with Crippen molar-refractivity contribution in [2.45, 2.75) is 78.3 Å². The highest BCUT2D eigenvalue weighted by Gasteiger charge is 2.17. The molecule has 0 aliphatic carbocycles. The molecule has 12 rings (SSSR count). The van der Waals surface area contributed by atoms with Crippen molar-refractivity contribution >= 4 is 136 Å². The Morgan fingerprint density at radius 3 is 1.07 bits per heavy atom. The molecule has 2 atom stereocenters. The molecule has 0 saturated carbocycles. The van der Waals surface area contributed by atoms with E-state index in [-0.39, 0.29) is 0 Å². The predicted molar refractivity (Wildman–Crippen MR) is 372 cm³/mol. The quantitative estimate of drug-likeness (QED) is 0.0250. The van der Waals surface area contributed by atoms with Gasteiger partial charge in [0.25, 0.3) is 0 Å². The summed E-state index contributed by atoms with van der Waals surface area (Å²) in [6.07, 6.45) is 2.59. The number of aryl methyl sites for hydroxylation is 2. The van der Waals surface area contributed by atoms with Gasteiger partial charge in [0.1, 0.15) is 0 Å². The van der Waals surface area contributed by atoms with Crippen LogP contribution in [0.5, 0.6) is 0 Å². The van der Waals surface area contributed by atoms with E-state index in [1.807, 2.05) is 83.1 Å². The van der Waals surface area contributed by atoms with Crippen LogP contribution in [0.1, 0.15) is 25.0 Å². The number of benzene rings is 10. The number of hydrazone groups is 2. The molecule has 0 bridgehead atoms. The van der Waals surface area contributed by atoms with Gasteiger partial charge in [-0.2, -0.15) is 10.2 Å². The average molecular weight is 1240 g/mol. The number of rotatable bonds is 25. The molecule has 10 aromatic carbocycles. The van der Waals surface area contributed by atoms with Gasteiger partial charge in [0, 0.05) is 107 Å². The third kappa shape index (κ3) is 14.6. The zero-order valence-corrected chi connectivity index (χ0v) is 52.6. The first-order valence-corrected chi connectivity index (χ1v) is 34.5. The van der Waals surface area contributed by atoms with Gasteiger partial charge in [-0.1, -0.05) is 130 Å². The standard InChI is InChI=1S/C72H64N6O2S6/c1-3-75-69-21-13-11-19-65(69)67-43-51(23-41-71(67)75)45-73-77(53-15-7-5-8-16-53)47-55(79)49-81-57-25-29-59(30-26-57)83-61-33-37-63(38-34-61)85-86-64-39-35-62(36-40-64)84-60-31-27-58(28-32-60)82-50-56(80)48-78(54-17-9-6-10-18-54)74-46-52-24-42-72-68(44-52)66-20-12-14-22-70(66)76(72)4-2/h5-46,55-56,79-80H,3-4,47-50H2,1-2H3/b73-45+,74-46+. The lowest BCUT2D eigenvalue weighted by Crippen LogP contribution is -2.30. The molecule has 14 heteroatoms. The van der Waals surface area contributed by atoms with Crippen molar-refractivity contribution < 1.29 is 10.2 Å². The van der Waals surface area contributed by atoms with Crippen molar-refractivity contribution in [2.24, 2.45) is 10.2 Å². The van der Waals surface area contributed by atoms with Crippen molar-refractivity contribution in [3.63, 3.8) is 0 Å². The smallest absolute Gasteiger partial charge is 0.0830 e. The van der Waals surface area contributed by atoms with Gasteiger partial charge in [-0.3, -0.25) is 10.0 Å². The highest BCUT2D eigenvalue weighted by Crippen LogP contribution is 2.41. The maximum Gasteiger partial charge on any atom is 0.0830 e. The van der Waals surface area contributed by atoms with E-state index in [2.05, 4.69) is 205 Å². The molecule has 86 heavy (non-hydrogen) atoms. The minimum atomic E-state index is -0.606. The molecule has 0 aliphatic heterocycles. The van der Waals surface area contributed by atoms with Crippen LogP contribution in [0, 0.1) is 0 Å². The van der Waals surface area contributed by atoms with Crippen LogP contribution in [0.2, 0.25) is 0 Å². The maximum absolute atomic E-state index is 11.3. The van der Waals surface area contributed by atoms with Gasteiger partial charge >= 0.3 is 0 Å². The number of aromatic nitrogens is 2. The van der Waals surface area contributed by atoms with Crippen LogP contribution in [0.3, 0.4) is 0 Å². The SMILES string of the molecule is CCn1c2ccccc2c2cc(/C=N/N(CC(O)CSc3ccc(Sc4ccc(SSc5ccc(Sc6ccc(SCC(O)CN(/N=C/c7ccc8c(c7)c7ccccc7n8CC)c7ccccc7)cc6)cc5)cc4)cc3)c3ccccc3)ccc21. The van der Waals surface area contributed by atoms with E-state index in [4.69, 9.17) is 10.2 Å². The van der Waals surface area contributed by atoms with E-state index in [1.165, 1.54) is 73.0 Å². The summed E-state index contributed by atoms with van der Waals surface area (Å²) in [5.74, 6) is 1.08. The molecule has 2 unspecified atom stereocenters. The number of thioether (sulfide) groups is 2. The van der Waals surface area contributed by atoms with E-state index in [1.54, 1.807) is 68.6 Å². The highest BCUT2D eigenvalue weighted by atomic mass is 33.1. The Bertz CT molecular complexity index is 3980. The fourth-order valence-corrected chi connectivity index (χ4v) is 15.7. The summed E-state index contributed by atoms with van der Waals surface area (Å²) in [7, 11) is 3.52. The first kappa shape index (κ1) is 59.1. The topological polar surface area (TPSA) is 81.5 Å². The third-order valence-electron chi connectivity index (χ3n) is 14.7. The summed E-state index contributed by atoms with van der Waals surface area (Å²) >= 11 is 6.81. The third-order valence-corrected chi connectivity index (χ3v) is 21.4. The van der Waals surface area contributed by atoms with Crippen LogP contribution >= 0.6 is 68.6 Å². The number of para-hydroxylation sites is 4. The van der Waals surface area contributed by atoms with Crippen molar-refractivity contribution in [1.82, 2.24) is 9.13 Å². The molecule has 2 heterocycles. The van der Waals surface area contributed by atoms with Crippen LogP contribution in [-0.2, 0) is 13.1 Å². The summed E-state index contributed by atoms with van der Waals surface area (Å²) in [6, 6.07) is 85.0. The van der Waals surface area contributed by atoms with Crippen molar-refractivity contribution in [1.29, 1.82) is 0 Å². The van der Waals surface area contributed by atoms with Gasteiger partial charge in [0.2, 0.25) is 0 Å². The minimum Gasteiger partial charge on any atom is -0.390 e. The predicted octanol–water partition coefficient (Wildman–Crippen LogP) is 19.0. The number of fused-ring (bicyclic) bond motifs is 6. The Hall–Kier alpha value is -7.24. The summed E-state index contributed by atoms with van der Waals surface area (Å²) in [6.45, 7) is 6.92. The molecule has 8 nitrogen and oxygen atoms in total. The van der Waals surface area contributed by atoms with E-state index in [0.29, 0.717) is 24.6 Å². The van der Waals surface area contributed by atoms with E-state index in [0.717, 1.165) is 45.4 Å². The fourth-order valence-electron chi connectivity index (χ4n) is 10.5. The molecule has 0 saturated heterocycles.